The van der Waals surface area contributed by atoms with Crippen molar-refractivity contribution in [3.63, 3.8) is 0 Å². The number of nitrogens with zero attached hydrogens (tertiary/aromatic N) is 2. The van der Waals surface area contributed by atoms with E-state index in [-0.39, 0.29) is 17.0 Å². The highest BCUT2D eigenvalue weighted by Gasteiger charge is 2.26. The van der Waals surface area contributed by atoms with Crippen molar-refractivity contribution < 1.29 is 19.4 Å². The number of halogens is 1. The Morgan fingerprint density at radius 3 is 2.46 bits per heavy atom. The summed E-state index contributed by atoms with van der Waals surface area (Å²) >= 11 is 5.83. The number of aromatic hydroxyl groups is 1. The Labute approximate surface area is 154 Å². The zero-order chi connectivity index (χ0) is 19.1. The molecule has 2 N–H and O–H groups in total. The molecule has 1 amide bonds. The van der Waals surface area contributed by atoms with E-state index in [2.05, 4.69) is 15.3 Å². The lowest BCUT2D eigenvalue weighted by Gasteiger charge is -2.12. The molecule has 26 heavy (non-hydrogen) atoms. The quantitative estimate of drug-likeness (QED) is 0.476. The number of nitriles is 1. The Kier molecular flexibility index (Phi) is 6.31. The maximum atomic E-state index is 12.1. The molecule has 0 spiro atoms. The summed E-state index contributed by atoms with van der Waals surface area (Å²) in [5.41, 5.74) is 2.29. The Balaban J connectivity index is 2.34. The third-order valence-electron chi connectivity index (χ3n) is 3.43. The third-order valence-corrected chi connectivity index (χ3v) is 3.68. The standard InChI is InChI=1S/C18H14ClN3O4/c1-26-18(25)16(14(10-20)11-6-8-12(19)9-7-11)21-22-17(24)13-4-2-3-5-15(13)23/h2-9,14,23H,1H3,(H,22,24)/b21-16-/t14-/m1/s1. The second kappa shape index (κ2) is 8.65. The highest BCUT2D eigenvalue weighted by molar-refractivity contribution is 6.39. The molecule has 0 saturated carbocycles. The normalized spacial score (nSPS) is 12.0. The number of benzene rings is 2. The van der Waals surface area contributed by atoms with Crippen molar-refractivity contribution in [1.29, 1.82) is 5.26 Å². The van der Waals surface area contributed by atoms with Gasteiger partial charge in [-0.25, -0.2) is 10.2 Å². The molecule has 132 valence electrons. The first kappa shape index (κ1) is 19.0. The second-order valence-corrected chi connectivity index (χ2v) is 5.50. The van der Waals surface area contributed by atoms with Gasteiger partial charge in [0.25, 0.3) is 5.91 Å². The number of hydrogen-bond acceptors (Lipinski definition) is 6. The fraction of sp³-hybridized carbons (Fsp3) is 0.111. The molecule has 0 aromatic heterocycles. The van der Waals surface area contributed by atoms with Crippen molar-refractivity contribution in [3.05, 3.63) is 64.7 Å². The smallest absolute Gasteiger partial charge is 0.355 e. The summed E-state index contributed by atoms with van der Waals surface area (Å²) < 4.78 is 4.65. The molecule has 2 rings (SSSR count). The zero-order valence-electron chi connectivity index (χ0n) is 13.6. The maximum absolute atomic E-state index is 12.1. The number of phenolic OH excluding ortho intramolecular Hbond substituents is 1. The number of hydrazone groups is 1. The average Bonchev–Trinajstić information content (AvgIpc) is 2.65. The number of nitrogens with one attached hydrogen (secondary N) is 1. The van der Waals surface area contributed by atoms with Crippen LogP contribution >= 0.6 is 11.6 Å². The van der Waals surface area contributed by atoms with Gasteiger partial charge in [0.1, 0.15) is 11.7 Å². The van der Waals surface area contributed by atoms with E-state index in [1.165, 1.54) is 12.1 Å². The molecule has 0 bridgehead atoms. The van der Waals surface area contributed by atoms with Gasteiger partial charge in [-0.05, 0) is 29.8 Å². The number of rotatable bonds is 5. The number of carbonyl (C=O) groups excluding carboxylic acids is 2. The summed E-state index contributed by atoms with van der Waals surface area (Å²) in [7, 11) is 1.14. The molecule has 0 aliphatic carbocycles. The van der Waals surface area contributed by atoms with E-state index >= 15 is 0 Å². The van der Waals surface area contributed by atoms with Crippen LogP contribution in [0.1, 0.15) is 21.8 Å². The summed E-state index contributed by atoms with van der Waals surface area (Å²) in [5.74, 6) is -2.93. The lowest BCUT2D eigenvalue weighted by molar-refractivity contribution is -0.132. The zero-order valence-corrected chi connectivity index (χ0v) is 14.4. The molecule has 0 fully saturated rings. The molecule has 1 atom stereocenters. The van der Waals surface area contributed by atoms with Crippen molar-refractivity contribution in [3.8, 4) is 11.8 Å². The molecule has 7 nitrogen and oxygen atoms in total. The summed E-state index contributed by atoms with van der Waals surface area (Å²) in [6.45, 7) is 0. The van der Waals surface area contributed by atoms with Gasteiger partial charge in [0.2, 0.25) is 0 Å². The van der Waals surface area contributed by atoms with Gasteiger partial charge in [-0.1, -0.05) is 35.9 Å². The molecule has 8 heteroatoms. The number of phenols is 1. The van der Waals surface area contributed by atoms with Gasteiger partial charge in [-0.3, -0.25) is 4.79 Å². The van der Waals surface area contributed by atoms with Gasteiger partial charge in [0, 0.05) is 5.02 Å². The van der Waals surface area contributed by atoms with E-state index in [1.807, 2.05) is 6.07 Å². The van der Waals surface area contributed by atoms with Crippen LogP contribution in [0.2, 0.25) is 5.02 Å². The summed E-state index contributed by atoms with van der Waals surface area (Å²) in [4.78, 5) is 24.2. The van der Waals surface area contributed by atoms with Crippen LogP contribution in [0, 0.1) is 11.3 Å². The van der Waals surface area contributed by atoms with Crippen LogP contribution in [0.3, 0.4) is 0 Å². The molecule has 0 radical (unpaired) electrons. The average molecular weight is 372 g/mol. The monoisotopic (exact) mass is 371 g/mol. The van der Waals surface area contributed by atoms with Gasteiger partial charge in [-0.15, -0.1) is 0 Å². The molecule has 2 aromatic rings. The summed E-state index contributed by atoms with van der Waals surface area (Å²) in [5, 5.41) is 23.4. The second-order valence-electron chi connectivity index (χ2n) is 5.06. The lowest BCUT2D eigenvalue weighted by Crippen LogP contribution is -2.28. The van der Waals surface area contributed by atoms with Crippen molar-refractivity contribution in [2.45, 2.75) is 5.92 Å². The number of methoxy groups -OCH3 is 1. The highest BCUT2D eigenvalue weighted by Crippen LogP contribution is 2.20. The van der Waals surface area contributed by atoms with E-state index in [0.29, 0.717) is 10.6 Å². The minimum Gasteiger partial charge on any atom is -0.507 e. The van der Waals surface area contributed by atoms with Crippen LogP contribution in [0.4, 0.5) is 0 Å². The Morgan fingerprint density at radius 1 is 1.23 bits per heavy atom. The van der Waals surface area contributed by atoms with Gasteiger partial charge in [-0.2, -0.15) is 10.4 Å². The molecule has 0 heterocycles. The summed E-state index contributed by atoms with van der Waals surface area (Å²) in [6.07, 6.45) is 0. The molecule has 0 unspecified atom stereocenters. The van der Waals surface area contributed by atoms with Crippen LogP contribution in [-0.2, 0) is 9.53 Å². The number of para-hydroxylation sites is 1. The molecule has 2 aromatic carbocycles. The van der Waals surface area contributed by atoms with E-state index in [0.717, 1.165) is 7.11 Å². The molecule has 0 saturated heterocycles. The Bertz CT molecular complexity index is 888. The van der Waals surface area contributed by atoms with Gasteiger partial charge in [0.15, 0.2) is 5.71 Å². The van der Waals surface area contributed by atoms with E-state index in [9.17, 15) is 20.0 Å². The Morgan fingerprint density at radius 2 is 1.88 bits per heavy atom. The topological polar surface area (TPSA) is 112 Å². The SMILES string of the molecule is COC(=O)/C(=N\NC(=O)c1ccccc1O)[C@H](C#N)c1ccc(Cl)cc1. The first-order valence-corrected chi connectivity index (χ1v) is 7.75. The van der Waals surface area contributed by atoms with E-state index < -0.39 is 17.8 Å². The minimum absolute atomic E-state index is 0.0273. The van der Waals surface area contributed by atoms with Crippen molar-refractivity contribution in [2.75, 3.05) is 7.11 Å². The number of hydrogen-bond donors (Lipinski definition) is 2. The molecule has 0 aliphatic heterocycles. The largest absolute Gasteiger partial charge is 0.507 e. The number of carbonyl (C=O) groups is 2. The van der Waals surface area contributed by atoms with Gasteiger partial charge in [0.05, 0.1) is 18.7 Å². The third kappa shape index (κ3) is 4.37. The van der Waals surface area contributed by atoms with Gasteiger partial charge < -0.3 is 9.84 Å². The minimum atomic E-state index is -1.08. The van der Waals surface area contributed by atoms with Gasteiger partial charge >= 0.3 is 5.97 Å². The number of ether oxygens (including phenoxy) is 1. The van der Waals surface area contributed by atoms with Crippen molar-refractivity contribution >= 4 is 29.2 Å². The molecular weight excluding hydrogens is 358 g/mol. The van der Waals surface area contributed by atoms with Crippen molar-refractivity contribution in [1.82, 2.24) is 5.43 Å². The first-order chi connectivity index (χ1) is 12.5. The highest BCUT2D eigenvalue weighted by atomic mass is 35.5. The van der Waals surface area contributed by atoms with Crippen LogP contribution in [0.15, 0.2) is 53.6 Å². The van der Waals surface area contributed by atoms with E-state index in [1.54, 1.807) is 36.4 Å². The maximum Gasteiger partial charge on any atom is 0.355 e. The predicted molar refractivity (Wildman–Crippen MR) is 94.8 cm³/mol. The fourth-order valence-electron chi connectivity index (χ4n) is 2.12. The lowest BCUT2D eigenvalue weighted by atomic mass is 9.95. The fourth-order valence-corrected chi connectivity index (χ4v) is 2.24. The first-order valence-electron chi connectivity index (χ1n) is 7.37. The molecular formula is C18H14ClN3O4. The number of amides is 1. The molecule has 0 aliphatic rings. The Hall–Kier alpha value is -3.37. The van der Waals surface area contributed by atoms with Crippen molar-refractivity contribution in [2.24, 2.45) is 5.10 Å². The predicted octanol–water partition coefficient (Wildman–Crippen LogP) is 2.61. The van der Waals surface area contributed by atoms with E-state index in [4.69, 9.17) is 11.6 Å². The van der Waals surface area contributed by atoms with Crippen LogP contribution < -0.4 is 5.43 Å². The number of esters is 1. The van der Waals surface area contributed by atoms with Crippen LogP contribution in [-0.4, -0.2) is 29.8 Å². The van der Waals surface area contributed by atoms with Crippen LogP contribution in [0.5, 0.6) is 5.75 Å². The van der Waals surface area contributed by atoms with Crippen LogP contribution in [0.25, 0.3) is 0 Å². The summed E-state index contributed by atoms with van der Waals surface area (Å²) in [6, 6.07) is 14.1.